The molecular weight excluding hydrogens is 294 g/mol. The Balaban J connectivity index is 2.31. The number of nitrogens with zero attached hydrogens (tertiary/aromatic N) is 3. The van der Waals surface area contributed by atoms with E-state index in [1.165, 1.54) is 0 Å². The number of fused-ring (bicyclic) bond motifs is 3. The first kappa shape index (κ1) is 11.3. The molecule has 0 aliphatic carbocycles. The fourth-order valence-corrected chi connectivity index (χ4v) is 2.72. The molecule has 2 aromatic heterocycles. The molecule has 6 heteroatoms. The zero-order valence-electron chi connectivity index (χ0n) is 9.44. The molecule has 0 amide bonds. The van der Waals surface area contributed by atoms with Gasteiger partial charge in [-0.2, -0.15) is 5.26 Å². The van der Waals surface area contributed by atoms with Crippen LogP contribution in [0.4, 0.5) is 0 Å². The van der Waals surface area contributed by atoms with Crippen molar-refractivity contribution in [1.29, 1.82) is 5.26 Å². The van der Waals surface area contributed by atoms with E-state index in [1.807, 2.05) is 10.5 Å². The maximum atomic E-state index is 8.88. The minimum atomic E-state index is 0.582. The van der Waals surface area contributed by atoms with Crippen LogP contribution in [0.2, 0.25) is 0 Å². The normalized spacial score (nSPS) is 11.2. The summed E-state index contributed by atoms with van der Waals surface area (Å²) in [7, 11) is 0. The van der Waals surface area contributed by atoms with Crippen molar-refractivity contribution in [3.05, 3.63) is 34.1 Å². The fraction of sp³-hybridized carbons (Fsp3) is 0.167. The Morgan fingerprint density at radius 3 is 3.06 bits per heavy atom. The lowest BCUT2D eigenvalue weighted by Gasteiger charge is -1.96. The third-order valence-electron chi connectivity index (χ3n) is 2.89. The van der Waals surface area contributed by atoms with Crippen LogP contribution in [0.15, 0.2) is 22.8 Å². The standard InChI is InChI=1S/C12H10BrN5/c13-11-8(3-4-14)16-12-17-9-5-7(6-15)1-2-10(9)18(11)12/h1-2,5H,3-4,14H2,(H,16,17). The molecule has 0 atom stereocenters. The van der Waals surface area contributed by atoms with Gasteiger partial charge in [-0.25, -0.2) is 4.98 Å². The lowest BCUT2D eigenvalue weighted by atomic mass is 10.2. The molecule has 1 aromatic carbocycles. The van der Waals surface area contributed by atoms with Gasteiger partial charge in [0, 0.05) is 6.42 Å². The molecule has 0 spiro atoms. The van der Waals surface area contributed by atoms with Gasteiger partial charge in [-0.05, 0) is 40.7 Å². The Kier molecular flexibility index (Phi) is 2.58. The molecule has 0 aliphatic rings. The van der Waals surface area contributed by atoms with Gasteiger partial charge >= 0.3 is 0 Å². The number of aromatic nitrogens is 3. The summed E-state index contributed by atoms with van der Waals surface area (Å²) in [5.41, 5.74) is 8.98. The number of aromatic amines is 1. The van der Waals surface area contributed by atoms with Gasteiger partial charge < -0.3 is 10.7 Å². The van der Waals surface area contributed by atoms with E-state index in [0.29, 0.717) is 12.1 Å². The van der Waals surface area contributed by atoms with Gasteiger partial charge in [0.1, 0.15) is 4.60 Å². The Bertz CT molecular complexity index is 777. The summed E-state index contributed by atoms with van der Waals surface area (Å²) in [6.07, 6.45) is 0.766. The largest absolute Gasteiger partial charge is 0.330 e. The fourth-order valence-electron chi connectivity index (χ4n) is 2.06. The summed E-state index contributed by atoms with van der Waals surface area (Å²) in [6.45, 7) is 0.582. The van der Waals surface area contributed by atoms with E-state index < -0.39 is 0 Å². The lowest BCUT2D eigenvalue weighted by Crippen LogP contribution is -2.03. The van der Waals surface area contributed by atoms with Crippen LogP contribution < -0.4 is 5.73 Å². The number of benzene rings is 1. The second kappa shape index (κ2) is 4.12. The maximum Gasteiger partial charge on any atom is 0.213 e. The van der Waals surface area contributed by atoms with Gasteiger partial charge in [0.05, 0.1) is 28.4 Å². The number of halogens is 1. The average Bonchev–Trinajstić information content (AvgIpc) is 2.87. The molecule has 0 unspecified atom stereocenters. The van der Waals surface area contributed by atoms with Gasteiger partial charge in [-0.15, -0.1) is 0 Å². The van der Waals surface area contributed by atoms with Crippen molar-refractivity contribution in [1.82, 2.24) is 14.4 Å². The van der Waals surface area contributed by atoms with Crippen LogP contribution in [-0.2, 0) is 6.42 Å². The number of H-pyrrole nitrogens is 1. The summed E-state index contributed by atoms with van der Waals surface area (Å²) in [4.78, 5) is 7.71. The van der Waals surface area contributed by atoms with E-state index in [2.05, 4.69) is 32.0 Å². The first-order valence-corrected chi connectivity index (χ1v) is 6.32. The molecule has 0 aliphatic heterocycles. The number of nitrogens with one attached hydrogen (secondary N) is 1. The van der Waals surface area contributed by atoms with E-state index in [1.54, 1.807) is 12.1 Å². The molecule has 0 saturated carbocycles. The smallest absolute Gasteiger partial charge is 0.213 e. The lowest BCUT2D eigenvalue weighted by molar-refractivity contribution is 0.928. The zero-order chi connectivity index (χ0) is 12.7. The molecule has 3 N–H and O–H groups in total. The zero-order valence-corrected chi connectivity index (χ0v) is 11.0. The van der Waals surface area contributed by atoms with E-state index in [9.17, 15) is 0 Å². The Labute approximate surface area is 111 Å². The van der Waals surface area contributed by atoms with Crippen LogP contribution >= 0.6 is 15.9 Å². The van der Waals surface area contributed by atoms with Crippen LogP contribution in [-0.4, -0.2) is 20.9 Å². The van der Waals surface area contributed by atoms with E-state index in [4.69, 9.17) is 11.0 Å². The number of imidazole rings is 2. The molecule has 3 aromatic rings. The molecule has 0 bridgehead atoms. The second-order valence-corrected chi connectivity index (χ2v) is 4.77. The van der Waals surface area contributed by atoms with Crippen molar-refractivity contribution in [3.8, 4) is 6.07 Å². The number of nitriles is 1. The average molecular weight is 304 g/mol. The molecular formula is C12H10BrN5. The minimum absolute atomic E-state index is 0.582. The molecule has 90 valence electrons. The summed E-state index contributed by atoms with van der Waals surface area (Å²) in [6, 6.07) is 7.59. The molecule has 3 rings (SSSR count). The highest BCUT2D eigenvalue weighted by atomic mass is 79.9. The van der Waals surface area contributed by atoms with Crippen molar-refractivity contribution in [3.63, 3.8) is 0 Å². The summed E-state index contributed by atoms with van der Waals surface area (Å²) < 4.78 is 2.93. The molecule has 2 heterocycles. The Morgan fingerprint density at radius 1 is 1.50 bits per heavy atom. The number of rotatable bonds is 2. The summed E-state index contributed by atoms with van der Waals surface area (Å²) >= 11 is 3.56. The molecule has 5 nitrogen and oxygen atoms in total. The van der Waals surface area contributed by atoms with Crippen LogP contribution in [0.1, 0.15) is 11.3 Å². The predicted octanol–water partition coefficient (Wildman–Crippen LogP) is 1.95. The van der Waals surface area contributed by atoms with Crippen molar-refractivity contribution < 1.29 is 0 Å². The summed E-state index contributed by atoms with van der Waals surface area (Å²) in [5.74, 6) is 0.760. The van der Waals surface area contributed by atoms with Crippen molar-refractivity contribution >= 4 is 32.7 Å². The van der Waals surface area contributed by atoms with Gasteiger partial charge in [0.25, 0.3) is 0 Å². The van der Waals surface area contributed by atoms with Gasteiger partial charge in [0.15, 0.2) is 0 Å². The molecule has 0 saturated heterocycles. The van der Waals surface area contributed by atoms with Gasteiger partial charge in [-0.3, -0.25) is 4.40 Å². The minimum Gasteiger partial charge on any atom is -0.330 e. The quantitative estimate of drug-likeness (QED) is 0.759. The second-order valence-electron chi connectivity index (χ2n) is 4.02. The van der Waals surface area contributed by atoms with Crippen molar-refractivity contribution in [2.24, 2.45) is 5.73 Å². The van der Waals surface area contributed by atoms with E-state index in [0.717, 1.165) is 33.5 Å². The van der Waals surface area contributed by atoms with Gasteiger partial charge in [-0.1, -0.05) is 0 Å². The predicted molar refractivity (Wildman–Crippen MR) is 72.2 cm³/mol. The highest BCUT2D eigenvalue weighted by Crippen LogP contribution is 2.25. The highest BCUT2D eigenvalue weighted by molar-refractivity contribution is 9.10. The third kappa shape index (κ3) is 1.52. The highest BCUT2D eigenvalue weighted by Gasteiger charge is 2.13. The first-order chi connectivity index (χ1) is 8.74. The first-order valence-electron chi connectivity index (χ1n) is 5.53. The topological polar surface area (TPSA) is 82.9 Å². The number of hydrogen-bond donors (Lipinski definition) is 2. The molecule has 0 radical (unpaired) electrons. The Morgan fingerprint density at radius 2 is 2.33 bits per heavy atom. The van der Waals surface area contributed by atoms with E-state index in [-0.39, 0.29) is 0 Å². The SMILES string of the molecule is N#Cc1ccc2c(c1)nc1[nH]c(CCN)c(Br)n12. The number of hydrogen-bond acceptors (Lipinski definition) is 3. The number of nitrogens with two attached hydrogens (primary N) is 1. The van der Waals surface area contributed by atoms with Crippen LogP contribution in [0.25, 0.3) is 16.8 Å². The van der Waals surface area contributed by atoms with Gasteiger partial charge in [0.2, 0.25) is 5.78 Å². The van der Waals surface area contributed by atoms with Crippen LogP contribution in [0.3, 0.4) is 0 Å². The molecule has 0 fully saturated rings. The monoisotopic (exact) mass is 303 g/mol. The van der Waals surface area contributed by atoms with Crippen LogP contribution in [0.5, 0.6) is 0 Å². The Hall–Kier alpha value is -1.84. The van der Waals surface area contributed by atoms with Crippen LogP contribution in [0, 0.1) is 11.3 Å². The summed E-state index contributed by atoms with van der Waals surface area (Å²) in [5, 5.41) is 8.88. The third-order valence-corrected chi connectivity index (χ3v) is 3.72. The maximum absolute atomic E-state index is 8.88. The molecule has 18 heavy (non-hydrogen) atoms. The van der Waals surface area contributed by atoms with E-state index >= 15 is 0 Å². The van der Waals surface area contributed by atoms with Crippen molar-refractivity contribution in [2.75, 3.05) is 6.54 Å². The van der Waals surface area contributed by atoms with Crippen molar-refractivity contribution in [2.45, 2.75) is 6.42 Å².